The molecule has 0 aliphatic carbocycles. The van der Waals surface area contributed by atoms with Gasteiger partial charge >= 0.3 is 0 Å². The summed E-state index contributed by atoms with van der Waals surface area (Å²) < 4.78 is 16.3. The quantitative estimate of drug-likeness (QED) is 0.796. The van der Waals surface area contributed by atoms with Gasteiger partial charge in [0.25, 0.3) is 0 Å². The first-order valence-corrected chi connectivity index (χ1v) is 6.58. The number of nitrogens with zero attached hydrogens (tertiary/aromatic N) is 1. The third-order valence-corrected chi connectivity index (χ3v) is 3.91. The van der Waals surface area contributed by atoms with E-state index >= 15 is 0 Å². The maximum atomic E-state index is 5.50. The highest BCUT2D eigenvalue weighted by Crippen LogP contribution is 2.45. The Morgan fingerprint density at radius 1 is 1.05 bits per heavy atom. The molecule has 4 rings (SSSR count). The van der Waals surface area contributed by atoms with Crippen LogP contribution in [-0.2, 0) is 6.54 Å². The van der Waals surface area contributed by atoms with E-state index in [1.165, 1.54) is 22.4 Å². The van der Waals surface area contributed by atoms with Gasteiger partial charge in [-0.15, -0.1) is 0 Å². The second kappa shape index (κ2) is 4.07. The average Bonchev–Trinajstić information content (AvgIpc) is 2.92. The van der Waals surface area contributed by atoms with E-state index in [2.05, 4.69) is 36.2 Å². The molecule has 2 aromatic rings. The minimum Gasteiger partial charge on any atom is -0.497 e. The van der Waals surface area contributed by atoms with Crippen molar-refractivity contribution in [2.75, 3.05) is 25.9 Å². The molecule has 102 valence electrons. The number of hydrogen-bond donors (Lipinski definition) is 0. The number of benzene rings is 2. The molecule has 0 spiro atoms. The number of fused-ring (bicyclic) bond motifs is 4. The van der Waals surface area contributed by atoms with Gasteiger partial charge in [0, 0.05) is 24.8 Å². The predicted octanol–water partition coefficient (Wildman–Crippen LogP) is 3.04. The maximum absolute atomic E-state index is 5.50. The van der Waals surface area contributed by atoms with Gasteiger partial charge in [-0.25, -0.2) is 0 Å². The zero-order valence-corrected chi connectivity index (χ0v) is 11.5. The fourth-order valence-electron chi connectivity index (χ4n) is 2.90. The van der Waals surface area contributed by atoms with Gasteiger partial charge in [0.2, 0.25) is 6.79 Å². The summed E-state index contributed by atoms with van der Waals surface area (Å²) >= 11 is 0. The molecular weight excluding hydrogens is 254 g/mol. The van der Waals surface area contributed by atoms with E-state index in [-0.39, 0.29) is 0 Å². The topological polar surface area (TPSA) is 30.9 Å². The third kappa shape index (κ3) is 1.54. The van der Waals surface area contributed by atoms with E-state index in [1.54, 1.807) is 7.11 Å². The van der Waals surface area contributed by atoms with E-state index < -0.39 is 0 Å². The van der Waals surface area contributed by atoms with E-state index in [0.717, 1.165) is 23.8 Å². The van der Waals surface area contributed by atoms with Crippen LogP contribution in [0.5, 0.6) is 17.2 Å². The Balaban J connectivity index is 1.95. The van der Waals surface area contributed by atoms with Crippen LogP contribution in [0.4, 0.5) is 5.69 Å². The lowest BCUT2D eigenvalue weighted by Gasteiger charge is -2.30. The van der Waals surface area contributed by atoms with Crippen LogP contribution in [0.3, 0.4) is 0 Å². The Bertz CT molecular complexity index is 696. The van der Waals surface area contributed by atoms with Crippen LogP contribution in [0.2, 0.25) is 0 Å². The highest BCUT2D eigenvalue weighted by molar-refractivity contribution is 5.86. The lowest BCUT2D eigenvalue weighted by atomic mass is 9.93. The average molecular weight is 269 g/mol. The Labute approximate surface area is 117 Å². The summed E-state index contributed by atoms with van der Waals surface area (Å²) in [6, 6.07) is 10.3. The van der Waals surface area contributed by atoms with Crippen molar-refractivity contribution in [1.29, 1.82) is 0 Å². The third-order valence-electron chi connectivity index (χ3n) is 3.91. The number of anilines is 1. The van der Waals surface area contributed by atoms with Crippen molar-refractivity contribution in [3.8, 4) is 28.4 Å². The fraction of sp³-hybridized carbons (Fsp3) is 0.250. The van der Waals surface area contributed by atoms with E-state index in [1.807, 2.05) is 6.07 Å². The van der Waals surface area contributed by atoms with Crippen molar-refractivity contribution in [1.82, 2.24) is 0 Å². The summed E-state index contributed by atoms with van der Waals surface area (Å²) in [5.41, 5.74) is 4.82. The smallest absolute Gasteiger partial charge is 0.231 e. The SMILES string of the molecule is COc1ccc2c(c1)-c1cc3c(cc1CN2C)OCO3. The predicted molar refractivity (Wildman–Crippen MR) is 76.7 cm³/mol. The van der Waals surface area contributed by atoms with E-state index in [9.17, 15) is 0 Å². The molecule has 0 unspecified atom stereocenters. The van der Waals surface area contributed by atoms with Crippen LogP contribution in [0.25, 0.3) is 11.1 Å². The van der Waals surface area contributed by atoms with Gasteiger partial charge in [-0.1, -0.05) is 0 Å². The molecule has 0 amide bonds. The Morgan fingerprint density at radius 3 is 2.65 bits per heavy atom. The molecule has 0 atom stereocenters. The Kier molecular flexibility index (Phi) is 2.33. The van der Waals surface area contributed by atoms with Gasteiger partial charge in [-0.2, -0.15) is 0 Å². The normalized spacial score (nSPS) is 14.8. The minimum absolute atomic E-state index is 0.305. The molecule has 2 aliphatic rings. The van der Waals surface area contributed by atoms with Gasteiger partial charge in [0.15, 0.2) is 11.5 Å². The Morgan fingerprint density at radius 2 is 1.85 bits per heavy atom. The first-order valence-electron chi connectivity index (χ1n) is 6.58. The second-order valence-electron chi connectivity index (χ2n) is 5.10. The highest BCUT2D eigenvalue weighted by Gasteiger charge is 2.24. The standard InChI is InChI=1S/C16H15NO3/c1-17-8-10-5-15-16(20-9-19-15)7-12(10)13-6-11(18-2)3-4-14(13)17/h3-7H,8-9H2,1-2H3. The molecule has 2 aromatic carbocycles. The molecule has 4 heteroatoms. The summed E-state index contributed by atoms with van der Waals surface area (Å²) in [5.74, 6) is 2.52. The van der Waals surface area contributed by atoms with E-state index in [0.29, 0.717) is 6.79 Å². The van der Waals surface area contributed by atoms with Crippen LogP contribution in [0, 0.1) is 0 Å². The van der Waals surface area contributed by atoms with E-state index in [4.69, 9.17) is 14.2 Å². The molecule has 0 fully saturated rings. The molecule has 2 heterocycles. The zero-order valence-electron chi connectivity index (χ0n) is 11.5. The number of rotatable bonds is 1. The summed E-state index contributed by atoms with van der Waals surface area (Å²) in [6.45, 7) is 1.17. The van der Waals surface area contributed by atoms with Crippen molar-refractivity contribution in [2.24, 2.45) is 0 Å². The first-order chi connectivity index (χ1) is 9.76. The second-order valence-corrected chi connectivity index (χ2v) is 5.10. The van der Waals surface area contributed by atoms with Crippen molar-refractivity contribution >= 4 is 5.69 Å². The van der Waals surface area contributed by atoms with Crippen LogP contribution in [0.1, 0.15) is 5.56 Å². The first kappa shape index (κ1) is 11.5. The van der Waals surface area contributed by atoms with Crippen molar-refractivity contribution in [3.05, 3.63) is 35.9 Å². The van der Waals surface area contributed by atoms with Crippen molar-refractivity contribution in [2.45, 2.75) is 6.54 Å². The summed E-state index contributed by atoms with van der Waals surface area (Å²) in [4.78, 5) is 2.24. The minimum atomic E-state index is 0.305. The Hall–Kier alpha value is -2.36. The fourth-order valence-corrected chi connectivity index (χ4v) is 2.90. The number of methoxy groups -OCH3 is 1. The molecular formula is C16H15NO3. The van der Waals surface area contributed by atoms with Gasteiger partial charge in [0.05, 0.1) is 7.11 Å². The maximum Gasteiger partial charge on any atom is 0.231 e. The monoisotopic (exact) mass is 269 g/mol. The van der Waals surface area contributed by atoms with Gasteiger partial charge < -0.3 is 19.1 Å². The molecule has 0 aromatic heterocycles. The van der Waals surface area contributed by atoms with Crippen LogP contribution in [-0.4, -0.2) is 21.0 Å². The molecule has 2 aliphatic heterocycles. The van der Waals surface area contributed by atoms with Crippen LogP contribution >= 0.6 is 0 Å². The number of hydrogen-bond acceptors (Lipinski definition) is 4. The largest absolute Gasteiger partial charge is 0.497 e. The summed E-state index contributed by atoms with van der Waals surface area (Å²) in [5, 5.41) is 0. The molecule has 0 radical (unpaired) electrons. The number of ether oxygens (including phenoxy) is 3. The zero-order chi connectivity index (χ0) is 13.7. The highest BCUT2D eigenvalue weighted by atomic mass is 16.7. The molecule has 0 N–H and O–H groups in total. The summed E-state index contributed by atoms with van der Waals surface area (Å²) in [6.07, 6.45) is 0. The molecule has 20 heavy (non-hydrogen) atoms. The lowest BCUT2D eigenvalue weighted by Crippen LogP contribution is -2.21. The molecule has 0 saturated carbocycles. The van der Waals surface area contributed by atoms with Gasteiger partial charge in [-0.05, 0) is 41.5 Å². The van der Waals surface area contributed by atoms with Crippen molar-refractivity contribution in [3.63, 3.8) is 0 Å². The lowest BCUT2D eigenvalue weighted by molar-refractivity contribution is 0.174. The molecule has 0 bridgehead atoms. The van der Waals surface area contributed by atoms with Crippen LogP contribution in [0.15, 0.2) is 30.3 Å². The van der Waals surface area contributed by atoms with Crippen molar-refractivity contribution < 1.29 is 14.2 Å². The van der Waals surface area contributed by atoms with Gasteiger partial charge in [0.1, 0.15) is 5.75 Å². The summed E-state index contributed by atoms with van der Waals surface area (Å²) in [7, 11) is 3.79. The van der Waals surface area contributed by atoms with Crippen LogP contribution < -0.4 is 19.1 Å². The van der Waals surface area contributed by atoms with Gasteiger partial charge in [-0.3, -0.25) is 0 Å². The molecule has 4 nitrogen and oxygen atoms in total. The molecule has 0 saturated heterocycles.